The highest BCUT2D eigenvalue weighted by atomic mass is 16.5. The topological polar surface area (TPSA) is 26.3 Å². The van der Waals surface area contributed by atoms with Gasteiger partial charge >= 0.3 is 5.97 Å². The Hall–Kier alpha value is -3.13. The van der Waals surface area contributed by atoms with Crippen molar-refractivity contribution in [3.05, 3.63) is 103 Å². The smallest absolute Gasteiger partial charge is 0.330 e. The first-order valence-electron chi connectivity index (χ1n) is 9.12. The zero-order valence-electron chi connectivity index (χ0n) is 15.9. The van der Waals surface area contributed by atoms with E-state index in [0.29, 0.717) is 6.61 Å². The van der Waals surface area contributed by atoms with Crippen molar-refractivity contribution in [3.8, 4) is 11.1 Å². The average molecular weight is 358 g/mol. The van der Waals surface area contributed by atoms with E-state index in [9.17, 15) is 4.79 Å². The van der Waals surface area contributed by atoms with Crippen LogP contribution in [0.15, 0.2) is 92.1 Å². The van der Waals surface area contributed by atoms with Crippen molar-refractivity contribution in [1.29, 1.82) is 0 Å². The molecule has 0 aliphatic rings. The Kier molecular flexibility index (Phi) is 8.05. The Morgan fingerprint density at radius 1 is 1.00 bits per heavy atom. The van der Waals surface area contributed by atoms with E-state index in [1.165, 1.54) is 28.3 Å². The van der Waals surface area contributed by atoms with Crippen LogP contribution in [0.4, 0.5) is 0 Å². The fraction of sp³-hybridized carbons (Fsp3) is 0.160. The molecule has 0 fully saturated rings. The van der Waals surface area contributed by atoms with Gasteiger partial charge in [0.05, 0.1) is 6.61 Å². The molecule has 2 aromatic carbocycles. The molecule has 0 atom stereocenters. The molecule has 2 nitrogen and oxygen atoms in total. The quantitative estimate of drug-likeness (QED) is 0.232. The molecule has 138 valence electrons. The van der Waals surface area contributed by atoms with Crippen molar-refractivity contribution in [2.24, 2.45) is 0 Å². The summed E-state index contributed by atoms with van der Waals surface area (Å²) in [7, 11) is 0. The van der Waals surface area contributed by atoms with Gasteiger partial charge in [0, 0.05) is 6.08 Å². The van der Waals surface area contributed by atoms with Gasteiger partial charge in [-0.2, -0.15) is 0 Å². The maximum absolute atomic E-state index is 11.0. The number of esters is 1. The summed E-state index contributed by atoms with van der Waals surface area (Å²) in [6.07, 6.45) is 10.8. The van der Waals surface area contributed by atoms with Crippen molar-refractivity contribution >= 4 is 11.5 Å². The van der Waals surface area contributed by atoms with E-state index >= 15 is 0 Å². The van der Waals surface area contributed by atoms with Crippen LogP contribution >= 0.6 is 0 Å². The highest BCUT2D eigenvalue weighted by Gasteiger charge is 2.02. The number of hydrogen-bond donors (Lipinski definition) is 0. The number of ether oxygens (including phenoxy) is 1. The van der Waals surface area contributed by atoms with Crippen molar-refractivity contribution in [1.82, 2.24) is 0 Å². The fourth-order valence-electron chi connectivity index (χ4n) is 2.78. The lowest BCUT2D eigenvalue weighted by Gasteiger charge is -2.07. The Morgan fingerprint density at radius 3 is 2.19 bits per heavy atom. The largest absolute Gasteiger partial charge is 0.463 e. The summed E-state index contributed by atoms with van der Waals surface area (Å²) in [5, 5.41) is 0. The van der Waals surface area contributed by atoms with Crippen molar-refractivity contribution in [2.45, 2.75) is 19.8 Å². The van der Waals surface area contributed by atoms with E-state index in [-0.39, 0.29) is 5.97 Å². The number of rotatable bonds is 9. The van der Waals surface area contributed by atoms with E-state index < -0.39 is 0 Å². The molecule has 0 N–H and O–H groups in total. The normalized spacial score (nSPS) is 11.4. The van der Waals surface area contributed by atoms with Gasteiger partial charge in [-0.05, 0) is 47.6 Å². The lowest BCUT2D eigenvalue weighted by Crippen LogP contribution is -2.02. The Bertz CT molecular complexity index is 822. The predicted octanol–water partition coefficient (Wildman–Crippen LogP) is 6.16. The molecule has 0 saturated carbocycles. The van der Waals surface area contributed by atoms with Gasteiger partial charge in [-0.25, -0.2) is 4.79 Å². The highest BCUT2D eigenvalue weighted by molar-refractivity contribution is 5.81. The van der Waals surface area contributed by atoms with E-state index in [2.05, 4.69) is 67.8 Å². The lowest BCUT2D eigenvalue weighted by atomic mass is 9.98. The molecule has 2 rings (SSSR count). The van der Waals surface area contributed by atoms with Crippen LogP contribution in [0, 0.1) is 0 Å². The van der Waals surface area contributed by atoms with Gasteiger partial charge in [-0.3, -0.25) is 0 Å². The Balaban J connectivity index is 2.00. The van der Waals surface area contributed by atoms with Crippen LogP contribution in [0.25, 0.3) is 16.7 Å². The second kappa shape index (κ2) is 10.8. The first-order chi connectivity index (χ1) is 13.2. The van der Waals surface area contributed by atoms with Crippen LogP contribution in [-0.2, 0) is 16.0 Å². The predicted molar refractivity (Wildman–Crippen MR) is 114 cm³/mol. The molecular weight excluding hydrogens is 332 g/mol. The van der Waals surface area contributed by atoms with Crippen LogP contribution < -0.4 is 0 Å². The van der Waals surface area contributed by atoms with Crippen LogP contribution in [0.3, 0.4) is 0 Å². The van der Waals surface area contributed by atoms with Crippen LogP contribution in [0.2, 0.25) is 0 Å². The molecule has 0 heterocycles. The van der Waals surface area contributed by atoms with Crippen LogP contribution in [-0.4, -0.2) is 12.6 Å². The fourth-order valence-corrected chi connectivity index (χ4v) is 2.78. The van der Waals surface area contributed by atoms with Crippen LogP contribution in [0.1, 0.15) is 24.5 Å². The average Bonchev–Trinajstić information content (AvgIpc) is 2.71. The number of allylic oxidation sites excluding steroid dienone is 5. The maximum atomic E-state index is 11.0. The summed E-state index contributed by atoms with van der Waals surface area (Å²) in [5.74, 6) is -0.366. The highest BCUT2D eigenvalue weighted by Crippen LogP contribution is 2.24. The zero-order chi connectivity index (χ0) is 19.5. The first kappa shape index (κ1) is 20.2. The van der Waals surface area contributed by atoms with Gasteiger partial charge in [0.1, 0.15) is 0 Å². The van der Waals surface area contributed by atoms with Gasteiger partial charge in [0.2, 0.25) is 0 Å². The summed E-state index contributed by atoms with van der Waals surface area (Å²) >= 11 is 0. The number of carbonyl (C=O) groups excluding carboxylic acids is 1. The minimum Gasteiger partial charge on any atom is -0.463 e. The molecule has 0 amide bonds. The van der Waals surface area contributed by atoms with Crippen LogP contribution in [0.5, 0.6) is 0 Å². The molecule has 0 radical (unpaired) electrons. The Morgan fingerprint density at radius 2 is 1.63 bits per heavy atom. The number of carbonyl (C=O) groups is 1. The second-order valence-corrected chi connectivity index (χ2v) is 6.11. The van der Waals surface area contributed by atoms with E-state index in [1.807, 2.05) is 19.1 Å². The molecular formula is C25H26O2. The Labute approximate surface area is 162 Å². The first-order valence-corrected chi connectivity index (χ1v) is 9.12. The van der Waals surface area contributed by atoms with Crippen molar-refractivity contribution < 1.29 is 9.53 Å². The van der Waals surface area contributed by atoms with Gasteiger partial charge < -0.3 is 4.74 Å². The standard InChI is InChI=1S/C25H26O2/c1-4-8-21(9-5-2)23-15-17-24(18-16-23)22-13-11-20(12-14-22)10-7-19-27-25(26)6-3/h4-6,8-9,11-18H,1,3,7,10,19H2,2H3/b9-5-,21-8+. The minimum atomic E-state index is -0.366. The zero-order valence-corrected chi connectivity index (χ0v) is 15.9. The number of hydrogen-bond acceptors (Lipinski definition) is 2. The SMILES string of the molecule is C=C/C=C(\C=C/C)c1ccc(-c2ccc(CCCOC(=O)C=C)cc2)cc1. The molecule has 0 saturated heterocycles. The molecule has 0 unspecified atom stereocenters. The molecule has 2 heteroatoms. The van der Waals surface area contributed by atoms with E-state index in [0.717, 1.165) is 18.4 Å². The molecule has 0 aliphatic heterocycles. The molecule has 27 heavy (non-hydrogen) atoms. The number of benzene rings is 2. The van der Waals surface area contributed by atoms with Crippen molar-refractivity contribution in [2.75, 3.05) is 6.61 Å². The third-order valence-electron chi connectivity index (χ3n) is 4.17. The van der Waals surface area contributed by atoms with E-state index in [1.54, 1.807) is 6.08 Å². The number of aryl methyl sites for hydroxylation is 1. The third-order valence-corrected chi connectivity index (χ3v) is 4.17. The molecule has 0 bridgehead atoms. The summed E-state index contributed by atoms with van der Waals surface area (Å²) < 4.78 is 5.00. The van der Waals surface area contributed by atoms with E-state index in [4.69, 9.17) is 4.74 Å². The second-order valence-electron chi connectivity index (χ2n) is 6.11. The van der Waals surface area contributed by atoms with Gasteiger partial charge in [-0.1, -0.05) is 86.0 Å². The van der Waals surface area contributed by atoms with Gasteiger partial charge in [-0.15, -0.1) is 0 Å². The summed E-state index contributed by atoms with van der Waals surface area (Å²) in [5.41, 5.74) is 5.91. The van der Waals surface area contributed by atoms with Gasteiger partial charge in [0.15, 0.2) is 0 Å². The molecule has 0 aromatic heterocycles. The third kappa shape index (κ3) is 6.27. The monoisotopic (exact) mass is 358 g/mol. The lowest BCUT2D eigenvalue weighted by molar-refractivity contribution is -0.137. The minimum absolute atomic E-state index is 0.366. The molecule has 0 spiro atoms. The summed E-state index contributed by atoms with van der Waals surface area (Å²) in [6.45, 7) is 9.59. The molecule has 0 aliphatic carbocycles. The van der Waals surface area contributed by atoms with Crippen molar-refractivity contribution in [3.63, 3.8) is 0 Å². The summed E-state index contributed by atoms with van der Waals surface area (Å²) in [4.78, 5) is 11.0. The molecule has 2 aromatic rings. The summed E-state index contributed by atoms with van der Waals surface area (Å²) in [6, 6.07) is 17.1. The maximum Gasteiger partial charge on any atom is 0.330 e. The van der Waals surface area contributed by atoms with Gasteiger partial charge in [0.25, 0.3) is 0 Å².